The van der Waals surface area contributed by atoms with Crippen LogP contribution in [0.5, 0.6) is 0 Å². The van der Waals surface area contributed by atoms with E-state index in [0.29, 0.717) is 21.4 Å². The van der Waals surface area contributed by atoms with E-state index in [0.717, 1.165) is 10.0 Å². The van der Waals surface area contributed by atoms with Gasteiger partial charge in [0.25, 0.3) is 10.0 Å². The van der Waals surface area contributed by atoms with Crippen molar-refractivity contribution in [3.05, 3.63) is 78.9 Å². The molecule has 0 fully saturated rings. The molecule has 2 amide bonds. The number of benzene rings is 2. The number of hydrogen-bond acceptors (Lipinski definition) is 5. The predicted molar refractivity (Wildman–Crippen MR) is 119 cm³/mol. The van der Waals surface area contributed by atoms with Crippen molar-refractivity contribution >= 4 is 38.7 Å². The van der Waals surface area contributed by atoms with E-state index in [1.807, 2.05) is 0 Å². The number of carbonyl (C=O) groups is 2. The molecule has 33 heavy (non-hydrogen) atoms. The van der Waals surface area contributed by atoms with Gasteiger partial charge in [0, 0.05) is 28.9 Å². The van der Waals surface area contributed by atoms with E-state index in [4.69, 9.17) is 5.73 Å². The van der Waals surface area contributed by atoms with E-state index >= 15 is 0 Å². The number of rotatable bonds is 6. The largest absolute Gasteiger partial charge is 0.465 e. The van der Waals surface area contributed by atoms with Gasteiger partial charge in [-0.3, -0.25) is 9.69 Å². The Hall–Kier alpha value is -4.25. The molecule has 4 aromatic rings. The second-order valence-electron chi connectivity index (χ2n) is 7.06. The van der Waals surface area contributed by atoms with E-state index in [1.54, 1.807) is 18.2 Å². The fraction of sp³-hybridized carbons (Fsp3) is 0.0455. The third-order valence-corrected chi connectivity index (χ3v) is 6.60. The highest BCUT2D eigenvalue weighted by molar-refractivity contribution is 7.90. The molecular weight excluding hydrogens is 451 g/mol. The van der Waals surface area contributed by atoms with Gasteiger partial charge in [0.2, 0.25) is 5.91 Å². The Kier molecular flexibility index (Phi) is 5.56. The van der Waals surface area contributed by atoms with Crippen molar-refractivity contribution in [3.8, 4) is 11.1 Å². The Morgan fingerprint density at radius 1 is 1.09 bits per heavy atom. The first-order valence-corrected chi connectivity index (χ1v) is 11.0. The summed E-state index contributed by atoms with van der Waals surface area (Å²) in [6.07, 6.45) is 1.29. The number of pyridine rings is 1. The molecule has 9 nitrogen and oxygen atoms in total. The van der Waals surface area contributed by atoms with Crippen molar-refractivity contribution in [1.29, 1.82) is 0 Å². The summed E-state index contributed by atoms with van der Waals surface area (Å²) in [5.74, 6) is -1.48. The Morgan fingerprint density at radius 2 is 1.82 bits per heavy atom. The van der Waals surface area contributed by atoms with Crippen LogP contribution in [0.4, 0.5) is 15.0 Å². The average molecular weight is 468 g/mol. The van der Waals surface area contributed by atoms with Crippen LogP contribution in [0.3, 0.4) is 0 Å². The number of carbonyl (C=O) groups excluding carboxylic acids is 1. The van der Waals surface area contributed by atoms with Crippen LogP contribution in [-0.2, 0) is 14.8 Å². The van der Waals surface area contributed by atoms with E-state index in [2.05, 4.69) is 4.98 Å². The van der Waals surface area contributed by atoms with Gasteiger partial charge < -0.3 is 10.8 Å². The van der Waals surface area contributed by atoms with Crippen LogP contribution >= 0.6 is 0 Å². The number of halogens is 1. The third-order valence-electron chi connectivity index (χ3n) is 4.91. The summed E-state index contributed by atoms with van der Waals surface area (Å²) >= 11 is 0. The lowest BCUT2D eigenvalue weighted by Crippen LogP contribution is -2.38. The molecule has 2 aromatic carbocycles. The highest BCUT2D eigenvalue weighted by atomic mass is 32.2. The lowest BCUT2D eigenvalue weighted by Gasteiger charge is -2.16. The molecule has 0 radical (unpaired) electrons. The third kappa shape index (κ3) is 4.13. The zero-order valence-corrected chi connectivity index (χ0v) is 17.7. The number of anilines is 1. The maximum absolute atomic E-state index is 14.0. The van der Waals surface area contributed by atoms with Crippen LogP contribution in [-0.4, -0.2) is 41.0 Å². The van der Waals surface area contributed by atoms with E-state index in [1.165, 1.54) is 48.8 Å². The molecule has 0 unspecified atom stereocenters. The highest BCUT2D eigenvalue weighted by Crippen LogP contribution is 2.33. The summed E-state index contributed by atoms with van der Waals surface area (Å²) in [4.78, 5) is 27.4. The van der Waals surface area contributed by atoms with Gasteiger partial charge in [0.15, 0.2) is 0 Å². The predicted octanol–water partition coefficient (Wildman–Crippen LogP) is 3.05. The lowest BCUT2D eigenvalue weighted by molar-refractivity contribution is -0.116. The Balaban J connectivity index is 1.84. The number of fused-ring (bicyclic) bond motifs is 1. The quantitative estimate of drug-likeness (QED) is 0.446. The lowest BCUT2D eigenvalue weighted by atomic mass is 10.1. The van der Waals surface area contributed by atoms with Gasteiger partial charge in [-0.1, -0.05) is 18.2 Å². The van der Waals surface area contributed by atoms with Gasteiger partial charge in [-0.2, -0.15) is 0 Å². The first kappa shape index (κ1) is 22.0. The van der Waals surface area contributed by atoms with Crippen LogP contribution in [0.2, 0.25) is 0 Å². The molecule has 4 rings (SSSR count). The minimum Gasteiger partial charge on any atom is -0.465 e. The smallest absolute Gasteiger partial charge is 0.413 e. The maximum atomic E-state index is 14.0. The fourth-order valence-corrected chi connectivity index (χ4v) is 4.80. The van der Waals surface area contributed by atoms with Crippen molar-refractivity contribution in [3.63, 3.8) is 0 Å². The molecular formula is C22H17FN4O5S. The second-order valence-corrected chi connectivity index (χ2v) is 8.87. The van der Waals surface area contributed by atoms with Crippen molar-refractivity contribution in [2.75, 3.05) is 11.4 Å². The van der Waals surface area contributed by atoms with Crippen molar-refractivity contribution in [2.24, 2.45) is 5.73 Å². The fourth-order valence-electron chi connectivity index (χ4n) is 3.41. The zero-order valence-electron chi connectivity index (χ0n) is 16.9. The standard InChI is InChI=1S/C22H17FN4O5S/c23-15-7-8-17-18(14-6-9-21(25-11-14)26(22(29)30)13-20(24)28)12-27(19(17)10-15)33(31,32)16-4-2-1-3-5-16/h1-12H,13H2,(H2,24,28)(H,29,30). The number of hydrogen-bond donors (Lipinski definition) is 2. The summed E-state index contributed by atoms with van der Waals surface area (Å²) < 4.78 is 41.5. The normalized spacial score (nSPS) is 11.4. The number of nitrogens with two attached hydrogens (primary N) is 1. The Labute approximate surface area is 187 Å². The summed E-state index contributed by atoms with van der Waals surface area (Å²) in [5, 5.41) is 9.76. The summed E-state index contributed by atoms with van der Waals surface area (Å²) in [6.45, 7) is -0.574. The van der Waals surface area contributed by atoms with Gasteiger partial charge >= 0.3 is 6.09 Å². The molecule has 0 aliphatic rings. The molecule has 2 heterocycles. The minimum atomic E-state index is -4.02. The molecule has 11 heteroatoms. The van der Waals surface area contributed by atoms with Gasteiger partial charge in [0.1, 0.15) is 18.2 Å². The van der Waals surface area contributed by atoms with Crippen LogP contribution in [0.1, 0.15) is 0 Å². The molecule has 0 aliphatic heterocycles. The first-order valence-electron chi connectivity index (χ1n) is 9.55. The van der Waals surface area contributed by atoms with Gasteiger partial charge in [-0.25, -0.2) is 26.6 Å². The second kappa shape index (κ2) is 8.36. The molecule has 0 atom stereocenters. The maximum Gasteiger partial charge on any atom is 0.413 e. The molecule has 0 bridgehead atoms. The summed E-state index contributed by atoms with van der Waals surface area (Å²) in [5.41, 5.74) is 6.14. The number of aromatic nitrogens is 2. The molecule has 0 saturated heterocycles. The molecule has 0 saturated carbocycles. The molecule has 3 N–H and O–H groups in total. The molecule has 0 aliphatic carbocycles. The van der Waals surface area contributed by atoms with Crippen molar-refractivity contribution in [1.82, 2.24) is 8.96 Å². The van der Waals surface area contributed by atoms with Gasteiger partial charge in [0.05, 0.1) is 10.4 Å². The van der Waals surface area contributed by atoms with Gasteiger partial charge in [-0.15, -0.1) is 0 Å². The first-order chi connectivity index (χ1) is 15.7. The summed E-state index contributed by atoms with van der Waals surface area (Å²) in [7, 11) is -4.02. The number of amides is 2. The number of carboxylic acid groups (broad SMARTS) is 1. The van der Waals surface area contributed by atoms with E-state index in [-0.39, 0.29) is 16.2 Å². The number of primary amides is 1. The van der Waals surface area contributed by atoms with E-state index in [9.17, 15) is 27.5 Å². The van der Waals surface area contributed by atoms with Crippen LogP contribution < -0.4 is 10.6 Å². The van der Waals surface area contributed by atoms with Crippen LogP contribution in [0, 0.1) is 5.82 Å². The van der Waals surface area contributed by atoms with Gasteiger partial charge in [-0.05, 0) is 42.5 Å². The highest BCUT2D eigenvalue weighted by Gasteiger charge is 2.23. The van der Waals surface area contributed by atoms with Crippen LogP contribution in [0.25, 0.3) is 22.0 Å². The molecule has 2 aromatic heterocycles. The SMILES string of the molecule is NC(=O)CN(C(=O)O)c1ccc(-c2cn(S(=O)(=O)c3ccccc3)c3cc(F)ccc23)cn1. The molecule has 0 spiro atoms. The van der Waals surface area contributed by atoms with Crippen LogP contribution in [0.15, 0.2) is 78.0 Å². The zero-order chi connectivity index (χ0) is 23.8. The minimum absolute atomic E-state index is 0.0308. The van der Waals surface area contributed by atoms with Crippen molar-refractivity contribution in [2.45, 2.75) is 4.90 Å². The summed E-state index contributed by atoms with van der Waals surface area (Å²) in [6, 6.07) is 14.4. The Bertz CT molecular complexity index is 1470. The number of nitrogens with zero attached hydrogens (tertiary/aromatic N) is 3. The topological polar surface area (TPSA) is 136 Å². The monoisotopic (exact) mass is 468 g/mol. The Morgan fingerprint density at radius 3 is 2.42 bits per heavy atom. The molecule has 168 valence electrons. The average Bonchev–Trinajstić information content (AvgIpc) is 3.17. The van der Waals surface area contributed by atoms with Crippen molar-refractivity contribution < 1.29 is 27.5 Å². The van der Waals surface area contributed by atoms with E-state index < -0.39 is 34.4 Å².